The molecule has 2 aliphatic carbocycles. The minimum atomic E-state index is 0.204. The lowest BCUT2D eigenvalue weighted by Gasteiger charge is -2.48. The van der Waals surface area contributed by atoms with Gasteiger partial charge in [0.05, 0.1) is 13.2 Å². The number of carbonyl (C=O) groups is 1. The van der Waals surface area contributed by atoms with Crippen LogP contribution < -0.4 is 5.32 Å². The average Bonchev–Trinajstić information content (AvgIpc) is 3.24. The van der Waals surface area contributed by atoms with E-state index >= 15 is 0 Å². The lowest BCUT2D eigenvalue weighted by Crippen LogP contribution is -2.59. The number of nitrogens with one attached hydrogen (secondary N) is 1. The highest BCUT2D eigenvalue weighted by atomic mass is 16.5. The molecule has 2 atom stereocenters. The monoisotopic (exact) mass is 280 g/mol. The third-order valence-electron chi connectivity index (χ3n) is 5.50. The fourth-order valence-corrected chi connectivity index (χ4v) is 3.92. The molecule has 1 N–H and O–H groups in total. The van der Waals surface area contributed by atoms with Crippen molar-refractivity contribution >= 4 is 5.91 Å². The lowest BCUT2D eigenvalue weighted by atomic mass is 9.79. The largest absolute Gasteiger partial charge is 0.379 e. The fraction of sp³-hybridized carbons (Fsp3) is 0.938. The summed E-state index contributed by atoms with van der Waals surface area (Å²) in [6.45, 7) is 6.74. The second-order valence-corrected chi connectivity index (χ2v) is 6.92. The van der Waals surface area contributed by atoms with E-state index in [1.54, 1.807) is 0 Å². The molecule has 1 heterocycles. The molecule has 0 aromatic heterocycles. The highest BCUT2D eigenvalue weighted by Crippen LogP contribution is 2.38. The zero-order valence-electron chi connectivity index (χ0n) is 12.7. The minimum Gasteiger partial charge on any atom is -0.379 e. The second-order valence-electron chi connectivity index (χ2n) is 6.92. The number of amides is 1. The predicted molar refractivity (Wildman–Crippen MR) is 78.5 cm³/mol. The maximum absolute atomic E-state index is 12.1. The molecular formula is C16H28N2O2. The number of hydrogen-bond donors (Lipinski definition) is 1. The van der Waals surface area contributed by atoms with Gasteiger partial charge in [-0.15, -0.1) is 0 Å². The SMILES string of the molecule is CC1CC1C(=O)NCC1(N2CCOCC2)CCCCC1. The molecule has 2 saturated carbocycles. The number of morpholine rings is 1. The first-order chi connectivity index (χ1) is 9.71. The molecule has 0 bridgehead atoms. The van der Waals surface area contributed by atoms with E-state index in [2.05, 4.69) is 17.1 Å². The van der Waals surface area contributed by atoms with Crippen LogP contribution in [0.25, 0.3) is 0 Å². The van der Waals surface area contributed by atoms with Gasteiger partial charge in [0, 0.05) is 31.1 Å². The van der Waals surface area contributed by atoms with E-state index in [1.165, 1.54) is 32.1 Å². The number of rotatable bonds is 4. The molecule has 0 spiro atoms. The number of nitrogens with zero attached hydrogens (tertiary/aromatic N) is 1. The lowest BCUT2D eigenvalue weighted by molar-refractivity contribution is -0.123. The predicted octanol–water partition coefficient (Wildman–Crippen LogP) is 1.79. The molecule has 0 aromatic carbocycles. The topological polar surface area (TPSA) is 41.6 Å². The Kier molecular flexibility index (Phi) is 4.32. The molecule has 0 aromatic rings. The standard InChI is InChI=1S/C16H28N2O2/c1-13-11-14(13)15(19)17-12-16(5-3-2-4-6-16)18-7-9-20-10-8-18/h13-14H,2-12H2,1H3,(H,17,19). The van der Waals surface area contributed by atoms with E-state index in [-0.39, 0.29) is 11.4 Å². The molecule has 20 heavy (non-hydrogen) atoms. The van der Waals surface area contributed by atoms with E-state index in [4.69, 9.17) is 4.74 Å². The van der Waals surface area contributed by atoms with Gasteiger partial charge in [0.25, 0.3) is 0 Å². The Hall–Kier alpha value is -0.610. The van der Waals surface area contributed by atoms with Crippen LogP contribution in [0.15, 0.2) is 0 Å². The quantitative estimate of drug-likeness (QED) is 0.853. The van der Waals surface area contributed by atoms with Crippen LogP contribution in [0.1, 0.15) is 45.4 Å². The van der Waals surface area contributed by atoms with E-state index in [0.717, 1.165) is 39.3 Å². The average molecular weight is 280 g/mol. The molecule has 0 radical (unpaired) electrons. The maximum atomic E-state index is 12.1. The molecule has 1 amide bonds. The van der Waals surface area contributed by atoms with Crippen molar-refractivity contribution in [3.05, 3.63) is 0 Å². The van der Waals surface area contributed by atoms with Crippen LogP contribution in [-0.2, 0) is 9.53 Å². The molecule has 1 aliphatic heterocycles. The number of ether oxygens (including phenoxy) is 1. The highest BCUT2D eigenvalue weighted by Gasteiger charge is 2.42. The van der Waals surface area contributed by atoms with Gasteiger partial charge in [-0.1, -0.05) is 26.2 Å². The van der Waals surface area contributed by atoms with Crippen LogP contribution in [0, 0.1) is 11.8 Å². The van der Waals surface area contributed by atoms with Crippen molar-refractivity contribution in [3.8, 4) is 0 Å². The molecule has 4 heteroatoms. The molecule has 3 fully saturated rings. The molecule has 114 valence electrons. The fourth-order valence-electron chi connectivity index (χ4n) is 3.92. The van der Waals surface area contributed by atoms with Gasteiger partial charge < -0.3 is 10.1 Å². The summed E-state index contributed by atoms with van der Waals surface area (Å²) < 4.78 is 5.49. The summed E-state index contributed by atoms with van der Waals surface area (Å²) in [5, 5.41) is 3.26. The molecule has 3 aliphatic rings. The van der Waals surface area contributed by atoms with Crippen molar-refractivity contribution < 1.29 is 9.53 Å². The van der Waals surface area contributed by atoms with E-state index in [1.807, 2.05) is 0 Å². The van der Waals surface area contributed by atoms with Crippen LogP contribution >= 0.6 is 0 Å². The summed E-state index contributed by atoms with van der Waals surface area (Å²) in [6, 6.07) is 0. The summed E-state index contributed by atoms with van der Waals surface area (Å²) in [5.41, 5.74) is 0.204. The molecular weight excluding hydrogens is 252 g/mol. The van der Waals surface area contributed by atoms with Gasteiger partial charge in [-0.3, -0.25) is 9.69 Å². The van der Waals surface area contributed by atoms with Crippen molar-refractivity contribution in [1.29, 1.82) is 0 Å². The van der Waals surface area contributed by atoms with Gasteiger partial charge in [-0.2, -0.15) is 0 Å². The third kappa shape index (κ3) is 3.01. The summed E-state index contributed by atoms with van der Waals surface area (Å²) >= 11 is 0. The first kappa shape index (κ1) is 14.3. The Balaban J connectivity index is 1.60. The van der Waals surface area contributed by atoms with Crippen molar-refractivity contribution in [1.82, 2.24) is 10.2 Å². The maximum Gasteiger partial charge on any atom is 0.223 e. The Labute approximate surface area is 122 Å². The third-order valence-corrected chi connectivity index (χ3v) is 5.50. The highest BCUT2D eigenvalue weighted by molar-refractivity contribution is 5.81. The molecule has 3 rings (SSSR count). The molecule has 1 saturated heterocycles. The van der Waals surface area contributed by atoms with Gasteiger partial charge in [0.15, 0.2) is 0 Å². The van der Waals surface area contributed by atoms with Crippen molar-refractivity contribution in [2.75, 3.05) is 32.8 Å². The van der Waals surface area contributed by atoms with Crippen LogP contribution in [0.4, 0.5) is 0 Å². The van der Waals surface area contributed by atoms with Crippen molar-refractivity contribution in [2.45, 2.75) is 51.0 Å². The first-order valence-corrected chi connectivity index (χ1v) is 8.32. The van der Waals surface area contributed by atoms with Gasteiger partial charge >= 0.3 is 0 Å². The zero-order valence-corrected chi connectivity index (χ0v) is 12.7. The first-order valence-electron chi connectivity index (χ1n) is 8.32. The zero-order chi connectivity index (χ0) is 14.0. The summed E-state index contributed by atoms with van der Waals surface area (Å²) in [6.07, 6.45) is 7.48. The Bertz CT molecular complexity index is 346. The van der Waals surface area contributed by atoms with Gasteiger partial charge in [0.1, 0.15) is 0 Å². The van der Waals surface area contributed by atoms with E-state index < -0.39 is 0 Å². The summed E-state index contributed by atoms with van der Waals surface area (Å²) in [5.74, 6) is 1.18. The summed E-state index contributed by atoms with van der Waals surface area (Å²) in [7, 11) is 0. The van der Waals surface area contributed by atoms with Crippen molar-refractivity contribution in [3.63, 3.8) is 0 Å². The minimum absolute atomic E-state index is 0.204. The number of carbonyl (C=O) groups excluding carboxylic acids is 1. The van der Waals surface area contributed by atoms with Crippen LogP contribution in [0.3, 0.4) is 0 Å². The Morgan fingerprint density at radius 1 is 1.25 bits per heavy atom. The van der Waals surface area contributed by atoms with Crippen LogP contribution in [0.2, 0.25) is 0 Å². The molecule has 2 unspecified atom stereocenters. The van der Waals surface area contributed by atoms with Crippen molar-refractivity contribution in [2.24, 2.45) is 11.8 Å². The van der Waals surface area contributed by atoms with Gasteiger partial charge in [0.2, 0.25) is 5.91 Å². The second kappa shape index (κ2) is 6.02. The molecule has 4 nitrogen and oxygen atoms in total. The summed E-state index contributed by atoms with van der Waals surface area (Å²) in [4.78, 5) is 14.7. The van der Waals surface area contributed by atoms with E-state index in [0.29, 0.717) is 11.8 Å². The Morgan fingerprint density at radius 3 is 2.50 bits per heavy atom. The van der Waals surface area contributed by atoms with E-state index in [9.17, 15) is 4.79 Å². The van der Waals surface area contributed by atoms with Gasteiger partial charge in [-0.05, 0) is 25.2 Å². The van der Waals surface area contributed by atoms with Crippen LogP contribution in [-0.4, -0.2) is 49.2 Å². The Morgan fingerprint density at radius 2 is 1.90 bits per heavy atom. The van der Waals surface area contributed by atoms with Gasteiger partial charge in [-0.25, -0.2) is 0 Å². The number of hydrogen-bond acceptors (Lipinski definition) is 3. The normalized spacial score (nSPS) is 33.6. The smallest absolute Gasteiger partial charge is 0.223 e. The van der Waals surface area contributed by atoms with Crippen LogP contribution in [0.5, 0.6) is 0 Å².